The maximum absolute atomic E-state index is 12.7. The molecule has 1 saturated heterocycles. The van der Waals surface area contributed by atoms with Crippen molar-refractivity contribution in [3.05, 3.63) is 30.0 Å². The van der Waals surface area contributed by atoms with Crippen LogP contribution in [0.3, 0.4) is 0 Å². The number of rotatable bonds is 4. The molecule has 6 nitrogen and oxygen atoms in total. The van der Waals surface area contributed by atoms with Crippen LogP contribution >= 0.6 is 11.3 Å². The Morgan fingerprint density at radius 2 is 2.14 bits per heavy atom. The highest BCUT2D eigenvalue weighted by Crippen LogP contribution is 2.21. The van der Waals surface area contributed by atoms with Gasteiger partial charge in [0.2, 0.25) is 5.91 Å². The average molecular weight is 305 g/mol. The van der Waals surface area contributed by atoms with E-state index in [2.05, 4.69) is 15.0 Å². The van der Waals surface area contributed by atoms with E-state index in [-0.39, 0.29) is 11.9 Å². The number of carbonyl (C=O) groups excluding carboxylic acids is 1. The highest BCUT2D eigenvalue weighted by Gasteiger charge is 2.28. The van der Waals surface area contributed by atoms with Crippen molar-refractivity contribution in [2.24, 2.45) is 0 Å². The summed E-state index contributed by atoms with van der Waals surface area (Å²) in [6.45, 7) is 5.20. The minimum atomic E-state index is -0.189. The van der Waals surface area contributed by atoms with Crippen molar-refractivity contribution in [3.63, 3.8) is 0 Å². The second kappa shape index (κ2) is 6.26. The first-order valence-corrected chi connectivity index (χ1v) is 8.10. The smallest absolute Gasteiger partial charge is 0.247 e. The molecule has 1 aliphatic rings. The maximum atomic E-state index is 12.7. The summed E-state index contributed by atoms with van der Waals surface area (Å²) < 4.78 is 1.76. The zero-order valence-electron chi connectivity index (χ0n) is 12.1. The van der Waals surface area contributed by atoms with Gasteiger partial charge in [-0.15, -0.1) is 11.3 Å². The average Bonchev–Trinajstić information content (AvgIpc) is 3.22. The van der Waals surface area contributed by atoms with Gasteiger partial charge in [-0.2, -0.15) is 5.10 Å². The molecule has 1 amide bonds. The first-order chi connectivity index (χ1) is 10.3. The molecule has 0 saturated carbocycles. The highest BCUT2D eigenvalue weighted by atomic mass is 32.1. The van der Waals surface area contributed by atoms with E-state index in [9.17, 15) is 4.79 Å². The molecule has 3 heterocycles. The van der Waals surface area contributed by atoms with Crippen molar-refractivity contribution in [2.75, 3.05) is 31.1 Å². The largest absolute Gasteiger partial charge is 0.345 e. The number of thiazole rings is 1. The van der Waals surface area contributed by atoms with Gasteiger partial charge in [0.05, 0.1) is 0 Å². The number of aromatic nitrogens is 3. The first-order valence-electron chi connectivity index (χ1n) is 7.22. The Balaban J connectivity index is 1.62. The number of hydrogen-bond donors (Lipinski definition) is 0. The van der Waals surface area contributed by atoms with Crippen LogP contribution in [-0.4, -0.2) is 51.8 Å². The number of anilines is 1. The summed E-state index contributed by atoms with van der Waals surface area (Å²) in [6.07, 6.45) is 6.16. The van der Waals surface area contributed by atoms with Crippen molar-refractivity contribution in [2.45, 2.75) is 19.4 Å². The normalized spacial score (nSPS) is 17.0. The van der Waals surface area contributed by atoms with Crippen LogP contribution in [0.2, 0.25) is 0 Å². The third kappa shape index (κ3) is 2.92. The fraction of sp³-hybridized carbons (Fsp3) is 0.500. The zero-order valence-corrected chi connectivity index (χ0v) is 12.9. The molecule has 0 spiro atoms. The molecule has 2 aromatic heterocycles. The van der Waals surface area contributed by atoms with Crippen LogP contribution in [0.15, 0.2) is 30.0 Å². The molecule has 0 radical (unpaired) electrons. The lowest BCUT2D eigenvalue weighted by Crippen LogP contribution is -2.50. The van der Waals surface area contributed by atoms with Gasteiger partial charge in [0, 0.05) is 50.1 Å². The van der Waals surface area contributed by atoms with E-state index in [4.69, 9.17) is 0 Å². The number of amides is 1. The number of piperazine rings is 1. The first kappa shape index (κ1) is 14.1. The Morgan fingerprint density at radius 1 is 1.33 bits per heavy atom. The van der Waals surface area contributed by atoms with Crippen LogP contribution in [0.25, 0.3) is 0 Å². The third-order valence-corrected chi connectivity index (χ3v) is 4.63. The fourth-order valence-electron chi connectivity index (χ4n) is 2.64. The molecule has 21 heavy (non-hydrogen) atoms. The second-order valence-electron chi connectivity index (χ2n) is 5.04. The molecule has 2 aromatic rings. The quantitative estimate of drug-likeness (QED) is 0.862. The van der Waals surface area contributed by atoms with Gasteiger partial charge >= 0.3 is 0 Å². The second-order valence-corrected chi connectivity index (χ2v) is 5.91. The SMILES string of the molecule is CC[C@H](C(=O)N1CCN(c2nccs2)CC1)n1cccn1. The molecule has 7 heteroatoms. The van der Waals surface area contributed by atoms with Gasteiger partial charge in [0.25, 0.3) is 0 Å². The molecule has 0 bridgehead atoms. The van der Waals surface area contributed by atoms with Crippen molar-refractivity contribution in [1.82, 2.24) is 19.7 Å². The zero-order chi connectivity index (χ0) is 14.7. The number of carbonyl (C=O) groups is 1. The lowest BCUT2D eigenvalue weighted by molar-refractivity contribution is -0.135. The summed E-state index contributed by atoms with van der Waals surface area (Å²) in [5.74, 6) is 0.167. The van der Waals surface area contributed by atoms with E-state index < -0.39 is 0 Å². The third-order valence-electron chi connectivity index (χ3n) is 3.80. The Hall–Kier alpha value is -1.89. The van der Waals surface area contributed by atoms with Crippen molar-refractivity contribution >= 4 is 22.4 Å². The van der Waals surface area contributed by atoms with E-state index in [1.165, 1.54) is 0 Å². The monoisotopic (exact) mass is 305 g/mol. The molecule has 1 fully saturated rings. The summed E-state index contributed by atoms with van der Waals surface area (Å²) in [5, 5.41) is 7.24. The van der Waals surface area contributed by atoms with E-state index in [1.807, 2.05) is 35.7 Å². The van der Waals surface area contributed by atoms with Gasteiger partial charge in [0.15, 0.2) is 5.13 Å². The van der Waals surface area contributed by atoms with E-state index in [0.717, 1.165) is 37.7 Å². The maximum Gasteiger partial charge on any atom is 0.247 e. The van der Waals surface area contributed by atoms with Crippen LogP contribution in [0.5, 0.6) is 0 Å². The lowest BCUT2D eigenvalue weighted by atomic mass is 10.2. The summed E-state index contributed by atoms with van der Waals surface area (Å²) in [5.41, 5.74) is 0. The number of nitrogens with zero attached hydrogens (tertiary/aromatic N) is 5. The van der Waals surface area contributed by atoms with E-state index in [1.54, 1.807) is 22.2 Å². The van der Waals surface area contributed by atoms with E-state index >= 15 is 0 Å². The topological polar surface area (TPSA) is 54.3 Å². The molecule has 0 aromatic carbocycles. The summed E-state index contributed by atoms with van der Waals surface area (Å²) in [6, 6.07) is 1.67. The van der Waals surface area contributed by atoms with Gasteiger partial charge < -0.3 is 9.80 Å². The van der Waals surface area contributed by atoms with Gasteiger partial charge in [-0.05, 0) is 12.5 Å². The summed E-state index contributed by atoms with van der Waals surface area (Å²) >= 11 is 1.65. The molecular formula is C14H19N5OS. The van der Waals surface area contributed by atoms with Crippen LogP contribution in [0.4, 0.5) is 5.13 Å². The van der Waals surface area contributed by atoms with Gasteiger partial charge in [-0.25, -0.2) is 4.98 Å². The van der Waals surface area contributed by atoms with Crippen LogP contribution < -0.4 is 4.90 Å². The van der Waals surface area contributed by atoms with Gasteiger partial charge in [0.1, 0.15) is 6.04 Å². The number of hydrogen-bond acceptors (Lipinski definition) is 5. The summed E-state index contributed by atoms with van der Waals surface area (Å²) in [4.78, 5) is 21.2. The lowest BCUT2D eigenvalue weighted by Gasteiger charge is -2.36. The Labute approximate surface area is 128 Å². The fourth-order valence-corrected chi connectivity index (χ4v) is 3.34. The standard InChI is InChI=1S/C14H19N5OS/c1-2-12(19-6-3-4-16-19)13(20)17-7-9-18(10-8-17)14-15-5-11-21-14/h3-6,11-12H,2,7-10H2,1H3/t12-/m1/s1. The van der Waals surface area contributed by atoms with E-state index in [0.29, 0.717) is 0 Å². The van der Waals surface area contributed by atoms with Crippen LogP contribution in [0, 0.1) is 0 Å². The van der Waals surface area contributed by atoms with Crippen molar-refractivity contribution < 1.29 is 4.79 Å². The van der Waals surface area contributed by atoms with Gasteiger partial charge in [-0.3, -0.25) is 9.48 Å². The predicted molar refractivity (Wildman–Crippen MR) is 82.5 cm³/mol. The minimum absolute atomic E-state index is 0.167. The van der Waals surface area contributed by atoms with Crippen molar-refractivity contribution in [1.29, 1.82) is 0 Å². The molecule has 0 N–H and O–H groups in total. The molecule has 1 atom stereocenters. The molecular weight excluding hydrogens is 286 g/mol. The molecule has 1 aliphatic heterocycles. The Morgan fingerprint density at radius 3 is 2.71 bits per heavy atom. The summed E-state index contributed by atoms with van der Waals surface area (Å²) in [7, 11) is 0. The molecule has 0 aliphatic carbocycles. The van der Waals surface area contributed by atoms with Crippen LogP contribution in [0.1, 0.15) is 19.4 Å². The van der Waals surface area contributed by atoms with Crippen molar-refractivity contribution in [3.8, 4) is 0 Å². The predicted octanol–water partition coefficient (Wildman–Crippen LogP) is 1.64. The van der Waals surface area contributed by atoms with Crippen LogP contribution in [-0.2, 0) is 4.79 Å². The molecule has 3 rings (SSSR count). The molecule has 112 valence electrons. The minimum Gasteiger partial charge on any atom is -0.345 e. The van der Waals surface area contributed by atoms with Gasteiger partial charge in [-0.1, -0.05) is 6.92 Å². The highest BCUT2D eigenvalue weighted by molar-refractivity contribution is 7.13. The Bertz CT molecular complexity index is 560. The molecule has 0 unspecified atom stereocenters. The Kier molecular flexibility index (Phi) is 4.19.